The molecule has 0 bridgehead atoms. The highest BCUT2D eigenvalue weighted by molar-refractivity contribution is 5.86. The van der Waals surface area contributed by atoms with Gasteiger partial charge in [0.25, 0.3) is 0 Å². The van der Waals surface area contributed by atoms with Gasteiger partial charge in [0.2, 0.25) is 5.91 Å². The van der Waals surface area contributed by atoms with Crippen molar-refractivity contribution in [2.24, 2.45) is 4.99 Å². The number of benzene rings is 1. The maximum absolute atomic E-state index is 12.7. The molecule has 2 aromatic rings. The molecule has 3 heterocycles. The van der Waals surface area contributed by atoms with Gasteiger partial charge in [-0.2, -0.15) is 0 Å². The number of aromatic nitrogens is 1. The summed E-state index contributed by atoms with van der Waals surface area (Å²) < 4.78 is 0. The van der Waals surface area contributed by atoms with E-state index >= 15 is 0 Å². The smallest absolute Gasteiger partial charge is 0.239 e. The van der Waals surface area contributed by atoms with Crippen molar-refractivity contribution in [2.75, 3.05) is 52.9 Å². The summed E-state index contributed by atoms with van der Waals surface area (Å²) in [5.41, 5.74) is 3.98. The van der Waals surface area contributed by atoms with Crippen LogP contribution in [0.4, 0.5) is 0 Å². The molecule has 1 amide bonds. The molecule has 2 fully saturated rings. The maximum atomic E-state index is 12.7. The van der Waals surface area contributed by atoms with Crippen molar-refractivity contribution < 1.29 is 4.79 Å². The zero-order valence-electron chi connectivity index (χ0n) is 19.9. The number of amides is 1. The van der Waals surface area contributed by atoms with Crippen LogP contribution in [0.25, 0.3) is 10.9 Å². The largest absolute Gasteiger partial charge is 0.361 e. The first-order valence-electron chi connectivity index (χ1n) is 12.2. The average Bonchev–Trinajstić information content (AvgIpc) is 3.51. The molecule has 174 valence electrons. The number of aliphatic imine (C=N–C) groups is 1. The summed E-state index contributed by atoms with van der Waals surface area (Å²) in [6.07, 6.45) is 6.43. The number of piperazine rings is 1. The van der Waals surface area contributed by atoms with Crippen LogP contribution in [0, 0.1) is 0 Å². The van der Waals surface area contributed by atoms with Crippen LogP contribution < -0.4 is 5.32 Å². The number of aromatic amines is 1. The van der Waals surface area contributed by atoms with Gasteiger partial charge in [-0.1, -0.05) is 25.1 Å². The van der Waals surface area contributed by atoms with E-state index in [2.05, 4.69) is 63.3 Å². The quantitative estimate of drug-likeness (QED) is 0.537. The van der Waals surface area contributed by atoms with Crippen molar-refractivity contribution >= 4 is 22.8 Å². The number of H-pyrrole nitrogens is 1. The second-order valence-electron chi connectivity index (χ2n) is 8.96. The highest BCUT2D eigenvalue weighted by atomic mass is 16.2. The summed E-state index contributed by atoms with van der Waals surface area (Å²) in [5.74, 6) is 1.25. The molecule has 4 rings (SSSR count). The van der Waals surface area contributed by atoms with Gasteiger partial charge in [0.15, 0.2) is 5.96 Å². The lowest BCUT2D eigenvalue weighted by atomic mass is 10.1. The van der Waals surface area contributed by atoms with E-state index in [4.69, 9.17) is 0 Å². The Morgan fingerprint density at radius 2 is 1.84 bits per heavy atom. The van der Waals surface area contributed by atoms with Crippen molar-refractivity contribution in [1.29, 1.82) is 0 Å². The monoisotopic (exact) mass is 438 g/mol. The van der Waals surface area contributed by atoms with Gasteiger partial charge >= 0.3 is 0 Å². The van der Waals surface area contributed by atoms with Crippen molar-refractivity contribution in [3.8, 4) is 0 Å². The number of guanidine groups is 1. The Labute approximate surface area is 191 Å². The number of nitrogens with zero attached hydrogens (tertiary/aromatic N) is 4. The van der Waals surface area contributed by atoms with Crippen LogP contribution in [0.5, 0.6) is 0 Å². The fraction of sp³-hybridized carbons (Fsp3) is 0.600. The molecule has 0 saturated carbocycles. The van der Waals surface area contributed by atoms with Crippen LogP contribution in [-0.2, 0) is 17.6 Å². The van der Waals surface area contributed by atoms with E-state index in [1.807, 2.05) is 11.9 Å². The third-order valence-electron chi connectivity index (χ3n) is 7.09. The maximum Gasteiger partial charge on any atom is 0.239 e. The molecule has 2 aliphatic heterocycles. The third-order valence-corrected chi connectivity index (χ3v) is 7.09. The molecule has 1 unspecified atom stereocenters. The standard InChI is InChI=1S/C25H38N6O/c1-4-20-8-7-9-22-21(18-28-23(20)22)10-11-27-25(26-3)31-16-14-29(15-17-31)19(2)24(32)30-12-5-6-13-30/h7-9,18-19,28H,4-6,10-17H2,1-3H3,(H,26,27). The Morgan fingerprint density at radius 1 is 1.09 bits per heavy atom. The molecular formula is C25H38N6O. The highest BCUT2D eigenvalue weighted by Gasteiger charge is 2.30. The summed E-state index contributed by atoms with van der Waals surface area (Å²) in [6.45, 7) is 10.5. The minimum atomic E-state index is -0.0277. The van der Waals surface area contributed by atoms with Crippen LogP contribution in [0.1, 0.15) is 37.8 Å². The molecule has 0 radical (unpaired) electrons. The Balaban J connectivity index is 1.27. The molecule has 0 aliphatic carbocycles. The van der Waals surface area contributed by atoms with Crippen LogP contribution in [0.3, 0.4) is 0 Å². The second-order valence-corrected chi connectivity index (χ2v) is 8.96. The van der Waals surface area contributed by atoms with Gasteiger partial charge in [-0.05, 0) is 43.7 Å². The Hall–Kier alpha value is -2.54. The van der Waals surface area contributed by atoms with E-state index in [-0.39, 0.29) is 6.04 Å². The van der Waals surface area contributed by atoms with Crippen LogP contribution in [0.2, 0.25) is 0 Å². The summed E-state index contributed by atoms with van der Waals surface area (Å²) in [4.78, 5) is 27.4. The Morgan fingerprint density at radius 3 is 2.53 bits per heavy atom. The van der Waals surface area contributed by atoms with Crippen LogP contribution in [-0.4, -0.2) is 90.5 Å². The first-order valence-corrected chi connectivity index (χ1v) is 12.2. The topological polar surface area (TPSA) is 67.0 Å². The minimum Gasteiger partial charge on any atom is -0.361 e. The molecule has 1 atom stereocenters. The average molecular weight is 439 g/mol. The van der Waals surface area contributed by atoms with Crippen molar-refractivity contribution in [3.05, 3.63) is 35.5 Å². The number of para-hydroxylation sites is 1. The fourth-order valence-corrected chi connectivity index (χ4v) is 5.10. The first-order chi connectivity index (χ1) is 15.6. The lowest BCUT2D eigenvalue weighted by molar-refractivity contribution is -0.135. The minimum absolute atomic E-state index is 0.0277. The number of carbonyl (C=O) groups is 1. The first kappa shape index (κ1) is 22.6. The third kappa shape index (κ3) is 4.77. The van der Waals surface area contributed by atoms with Crippen molar-refractivity contribution in [3.63, 3.8) is 0 Å². The fourth-order valence-electron chi connectivity index (χ4n) is 5.10. The number of likely N-dealkylation sites (tertiary alicyclic amines) is 1. The Kier molecular flexibility index (Phi) is 7.35. The Bertz CT molecular complexity index is 937. The van der Waals surface area contributed by atoms with Crippen LogP contribution >= 0.6 is 0 Å². The van der Waals surface area contributed by atoms with E-state index in [1.165, 1.54) is 22.0 Å². The van der Waals surface area contributed by atoms with Gasteiger partial charge in [0.05, 0.1) is 6.04 Å². The molecule has 32 heavy (non-hydrogen) atoms. The molecule has 2 N–H and O–H groups in total. The summed E-state index contributed by atoms with van der Waals surface area (Å²) in [6, 6.07) is 6.53. The zero-order valence-corrected chi connectivity index (χ0v) is 19.9. The van der Waals surface area contributed by atoms with Crippen molar-refractivity contribution in [1.82, 2.24) is 25.0 Å². The van der Waals surface area contributed by atoms with Gasteiger partial charge in [-0.15, -0.1) is 0 Å². The van der Waals surface area contributed by atoms with Crippen molar-refractivity contribution in [2.45, 2.75) is 45.6 Å². The molecule has 1 aromatic heterocycles. The lowest BCUT2D eigenvalue weighted by Crippen LogP contribution is -2.57. The SMILES string of the molecule is CCc1cccc2c(CCNC(=NC)N3CCN(C(C)C(=O)N4CCCC4)CC3)c[nH]c12. The van der Waals surface area contributed by atoms with E-state index < -0.39 is 0 Å². The predicted molar refractivity (Wildman–Crippen MR) is 131 cm³/mol. The number of nitrogens with one attached hydrogen (secondary N) is 2. The highest BCUT2D eigenvalue weighted by Crippen LogP contribution is 2.22. The van der Waals surface area contributed by atoms with E-state index in [1.54, 1.807) is 0 Å². The van der Waals surface area contributed by atoms with Gasteiger partial charge in [-0.25, -0.2) is 0 Å². The van der Waals surface area contributed by atoms with Gasteiger partial charge in [0, 0.05) is 70.0 Å². The molecule has 0 spiro atoms. The van der Waals surface area contributed by atoms with E-state index in [9.17, 15) is 4.79 Å². The van der Waals surface area contributed by atoms with Gasteiger partial charge in [-0.3, -0.25) is 14.7 Å². The number of fused-ring (bicyclic) bond motifs is 1. The summed E-state index contributed by atoms with van der Waals surface area (Å²) in [5, 5.41) is 4.88. The number of carbonyl (C=O) groups excluding carboxylic acids is 1. The van der Waals surface area contributed by atoms with Gasteiger partial charge in [0.1, 0.15) is 0 Å². The predicted octanol–water partition coefficient (Wildman–Crippen LogP) is 2.48. The number of rotatable bonds is 6. The molecule has 2 aliphatic rings. The number of aryl methyl sites for hydroxylation is 1. The molecule has 7 nitrogen and oxygen atoms in total. The lowest BCUT2D eigenvalue weighted by Gasteiger charge is -2.39. The molecule has 2 saturated heterocycles. The molecule has 1 aromatic carbocycles. The van der Waals surface area contributed by atoms with Crippen LogP contribution in [0.15, 0.2) is 29.4 Å². The normalized spacial score (nSPS) is 19.0. The van der Waals surface area contributed by atoms with E-state index in [0.29, 0.717) is 5.91 Å². The van der Waals surface area contributed by atoms with E-state index in [0.717, 1.165) is 77.5 Å². The number of hydrogen-bond donors (Lipinski definition) is 2. The summed E-state index contributed by atoms with van der Waals surface area (Å²) >= 11 is 0. The zero-order chi connectivity index (χ0) is 22.5. The van der Waals surface area contributed by atoms with Gasteiger partial charge < -0.3 is 20.1 Å². The summed E-state index contributed by atoms with van der Waals surface area (Å²) in [7, 11) is 1.85. The molecule has 7 heteroatoms. The molecular weight excluding hydrogens is 400 g/mol. The number of hydrogen-bond acceptors (Lipinski definition) is 3. The second kappa shape index (κ2) is 10.4.